The summed E-state index contributed by atoms with van der Waals surface area (Å²) in [5.41, 5.74) is 6.84. The molecule has 3 heterocycles. The van der Waals surface area contributed by atoms with Crippen LogP contribution in [0.2, 0.25) is 5.02 Å². The van der Waals surface area contributed by atoms with E-state index in [2.05, 4.69) is 15.2 Å². The van der Waals surface area contributed by atoms with Gasteiger partial charge in [0.15, 0.2) is 0 Å². The quantitative estimate of drug-likeness (QED) is 0.190. The minimum atomic E-state index is -3.65. The standard InChI is InChI=1S/C36H38ClFN6O6S/c37-25-2-5-27(6-3-25)44(36(47)41-26-4-11-33(38)32(21-26)35(39)46)28-13-17-42(18-14-28)23-24-1-12-34(40-22-24)50-30-7-9-31(10-8-30)51(48,49)43-19-15-29(45)16-20-43/h1-12,21-22,28-29,45H,13-20,23H2,(H2,39,46)(H,41,47). The number of nitrogens with one attached hydrogen (secondary N) is 1. The number of halogens is 2. The maximum Gasteiger partial charge on any atom is 0.326 e. The lowest BCUT2D eigenvalue weighted by Gasteiger charge is -2.38. The van der Waals surface area contributed by atoms with E-state index in [1.807, 2.05) is 6.07 Å². The molecular formula is C36H38ClFN6O6S. The minimum Gasteiger partial charge on any atom is -0.439 e. The average Bonchev–Trinajstić information content (AvgIpc) is 3.12. The number of sulfonamides is 1. The smallest absolute Gasteiger partial charge is 0.326 e. The molecule has 0 saturated carbocycles. The molecule has 2 fully saturated rings. The third kappa shape index (κ3) is 8.83. The largest absolute Gasteiger partial charge is 0.439 e. The van der Waals surface area contributed by atoms with Gasteiger partial charge in [-0.05, 0) is 98.0 Å². The number of anilines is 2. The van der Waals surface area contributed by atoms with Gasteiger partial charge in [0.25, 0.3) is 5.91 Å². The lowest BCUT2D eigenvalue weighted by Crippen LogP contribution is -2.49. The zero-order valence-electron chi connectivity index (χ0n) is 27.6. The van der Waals surface area contributed by atoms with E-state index in [9.17, 15) is 27.5 Å². The summed E-state index contributed by atoms with van der Waals surface area (Å²) in [5, 5.41) is 13.0. The number of amides is 3. The van der Waals surface area contributed by atoms with E-state index in [4.69, 9.17) is 22.1 Å². The first kappa shape index (κ1) is 36.2. The second kappa shape index (κ2) is 15.7. The Labute approximate surface area is 300 Å². The number of pyridine rings is 1. The summed E-state index contributed by atoms with van der Waals surface area (Å²) in [7, 11) is -3.65. The molecule has 15 heteroatoms. The zero-order chi connectivity index (χ0) is 36.1. The van der Waals surface area contributed by atoms with Gasteiger partial charge in [0, 0.05) is 67.4 Å². The van der Waals surface area contributed by atoms with Gasteiger partial charge in [-0.1, -0.05) is 17.7 Å². The minimum absolute atomic E-state index is 0.151. The molecule has 1 aromatic heterocycles. The molecule has 6 rings (SSSR count). The molecular weight excluding hydrogens is 699 g/mol. The van der Waals surface area contributed by atoms with E-state index >= 15 is 0 Å². The molecule has 2 aliphatic heterocycles. The molecule has 4 N–H and O–H groups in total. The van der Waals surface area contributed by atoms with Crippen LogP contribution in [0.4, 0.5) is 20.6 Å². The van der Waals surface area contributed by atoms with Gasteiger partial charge < -0.3 is 20.9 Å². The van der Waals surface area contributed by atoms with Gasteiger partial charge in [-0.2, -0.15) is 4.31 Å². The third-order valence-corrected chi connectivity index (χ3v) is 11.2. The molecule has 51 heavy (non-hydrogen) atoms. The molecule has 2 aliphatic rings. The fraction of sp³-hybridized carbons (Fsp3) is 0.306. The Hall–Kier alpha value is -4.60. The van der Waals surface area contributed by atoms with Crippen LogP contribution in [-0.4, -0.2) is 78.0 Å². The highest BCUT2D eigenvalue weighted by Gasteiger charge is 2.31. The number of aliphatic hydroxyl groups excluding tert-OH is 1. The average molecular weight is 737 g/mol. The number of nitrogens with two attached hydrogens (primary N) is 1. The first-order valence-corrected chi connectivity index (χ1v) is 18.4. The van der Waals surface area contributed by atoms with Gasteiger partial charge in [-0.3, -0.25) is 14.6 Å². The van der Waals surface area contributed by atoms with Crippen molar-refractivity contribution in [2.24, 2.45) is 5.73 Å². The van der Waals surface area contributed by atoms with Crippen molar-refractivity contribution >= 4 is 44.9 Å². The van der Waals surface area contributed by atoms with Gasteiger partial charge >= 0.3 is 6.03 Å². The Kier molecular flexibility index (Phi) is 11.2. The van der Waals surface area contributed by atoms with Crippen LogP contribution in [0.1, 0.15) is 41.6 Å². The highest BCUT2D eigenvalue weighted by atomic mass is 35.5. The molecule has 0 bridgehead atoms. The van der Waals surface area contributed by atoms with Crippen molar-refractivity contribution in [2.45, 2.75) is 49.3 Å². The van der Waals surface area contributed by atoms with E-state index in [0.717, 1.165) is 11.6 Å². The predicted molar refractivity (Wildman–Crippen MR) is 191 cm³/mol. The van der Waals surface area contributed by atoms with Crippen molar-refractivity contribution in [3.63, 3.8) is 0 Å². The van der Waals surface area contributed by atoms with Crippen LogP contribution in [0, 0.1) is 5.82 Å². The fourth-order valence-corrected chi connectivity index (χ4v) is 7.86. The van der Waals surface area contributed by atoms with Crippen LogP contribution in [0.15, 0.2) is 90.0 Å². The van der Waals surface area contributed by atoms with Gasteiger partial charge in [0.1, 0.15) is 11.6 Å². The number of hydrogen-bond acceptors (Lipinski definition) is 8. The Bertz CT molecular complexity index is 1950. The number of likely N-dealkylation sites (tertiary alicyclic amines) is 1. The SMILES string of the molecule is NC(=O)c1cc(NC(=O)N(c2ccc(Cl)cc2)C2CCN(Cc3ccc(Oc4ccc(S(=O)(=O)N5CCC(O)CC5)cc4)nc3)CC2)ccc1F. The summed E-state index contributed by atoms with van der Waals surface area (Å²) >= 11 is 6.12. The maximum atomic E-state index is 14.0. The summed E-state index contributed by atoms with van der Waals surface area (Å²) in [4.78, 5) is 33.8. The van der Waals surface area contributed by atoms with Crippen LogP contribution in [-0.2, 0) is 16.6 Å². The number of aliphatic hydroxyl groups is 1. The summed E-state index contributed by atoms with van der Waals surface area (Å²) in [6, 6.07) is 19.9. The van der Waals surface area contributed by atoms with E-state index in [-0.39, 0.29) is 35.3 Å². The van der Waals surface area contributed by atoms with Crippen LogP contribution < -0.4 is 20.7 Å². The molecule has 3 amide bonds. The van der Waals surface area contributed by atoms with Crippen molar-refractivity contribution in [1.82, 2.24) is 14.2 Å². The van der Waals surface area contributed by atoms with E-state index in [0.29, 0.717) is 67.7 Å². The van der Waals surface area contributed by atoms with Gasteiger partial charge in [0.05, 0.1) is 16.6 Å². The molecule has 0 spiro atoms. The van der Waals surface area contributed by atoms with Gasteiger partial charge in [-0.25, -0.2) is 22.6 Å². The Morgan fingerprint density at radius 1 is 0.961 bits per heavy atom. The fourth-order valence-electron chi connectivity index (χ4n) is 6.26. The number of primary amides is 1. The molecule has 0 radical (unpaired) electrons. The predicted octanol–water partition coefficient (Wildman–Crippen LogP) is 5.61. The summed E-state index contributed by atoms with van der Waals surface area (Å²) in [5.74, 6) is -0.880. The van der Waals surface area contributed by atoms with Crippen LogP contribution in [0.25, 0.3) is 0 Å². The number of piperidine rings is 2. The third-order valence-electron chi connectivity index (χ3n) is 9.04. The summed E-state index contributed by atoms with van der Waals surface area (Å²) in [6.07, 6.45) is 3.46. The number of aromatic nitrogens is 1. The Morgan fingerprint density at radius 2 is 1.65 bits per heavy atom. The molecule has 4 aromatic rings. The van der Waals surface area contributed by atoms with Crippen LogP contribution in [0.5, 0.6) is 11.6 Å². The highest BCUT2D eigenvalue weighted by Crippen LogP contribution is 2.29. The molecule has 12 nitrogen and oxygen atoms in total. The number of hydrogen-bond donors (Lipinski definition) is 3. The maximum absolute atomic E-state index is 14.0. The van der Waals surface area contributed by atoms with Crippen LogP contribution >= 0.6 is 11.6 Å². The van der Waals surface area contributed by atoms with Crippen molar-refractivity contribution in [1.29, 1.82) is 0 Å². The summed E-state index contributed by atoms with van der Waals surface area (Å²) in [6.45, 7) is 2.62. The van der Waals surface area contributed by atoms with E-state index in [1.165, 1.54) is 28.6 Å². The number of ether oxygens (including phenoxy) is 1. The van der Waals surface area contributed by atoms with Crippen molar-refractivity contribution < 1.29 is 32.2 Å². The molecule has 0 unspecified atom stereocenters. The normalized spacial score (nSPS) is 16.5. The monoisotopic (exact) mass is 736 g/mol. The second-order valence-electron chi connectivity index (χ2n) is 12.6. The van der Waals surface area contributed by atoms with Crippen LogP contribution in [0.3, 0.4) is 0 Å². The molecule has 268 valence electrons. The number of carbonyl (C=O) groups excluding carboxylic acids is 2. The lowest BCUT2D eigenvalue weighted by molar-refractivity contribution is 0.0996. The Morgan fingerprint density at radius 3 is 2.27 bits per heavy atom. The van der Waals surface area contributed by atoms with E-state index in [1.54, 1.807) is 53.6 Å². The first-order valence-electron chi connectivity index (χ1n) is 16.5. The number of urea groups is 1. The van der Waals surface area contributed by atoms with E-state index < -0.39 is 33.9 Å². The molecule has 0 atom stereocenters. The summed E-state index contributed by atoms with van der Waals surface area (Å²) < 4.78 is 47.2. The Balaban J connectivity index is 1.05. The number of nitrogens with zero attached hydrogens (tertiary/aromatic N) is 4. The molecule has 3 aromatic carbocycles. The molecule has 0 aliphatic carbocycles. The van der Waals surface area contributed by atoms with Crippen molar-refractivity contribution in [3.05, 3.63) is 107 Å². The number of rotatable bonds is 10. The highest BCUT2D eigenvalue weighted by molar-refractivity contribution is 7.89. The van der Waals surface area contributed by atoms with Gasteiger partial charge in [-0.15, -0.1) is 0 Å². The number of benzene rings is 3. The zero-order valence-corrected chi connectivity index (χ0v) is 29.2. The van der Waals surface area contributed by atoms with Gasteiger partial charge in [0.2, 0.25) is 15.9 Å². The second-order valence-corrected chi connectivity index (χ2v) is 14.9. The molecule has 2 saturated heterocycles. The lowest BCUT2D eigenvalue weighted by atomic mass is 10.0. The number of carbonyl (C=O) groups is 2. The van der Waals surface area contributed by atoms with Crippen molar-refractivity contribution in [2.75, 3.05) is 36.4 Å². The topological polar surface area (TPSA) is 158 Å². The first-order chi connectivity index (χ1) is 24.5. The van der Waals surface area contributed by atoms with Crippen molar-refractivity contribution in [3.8, 4) is 11.6 Å².